The number of amides is 1. The predicted octanol–water partition coefficient (Wildman–Crippen LogP) is 5.19. The summed E-state index contributed by atoms with van der Waals surface area (Å²) in [6.45, 7) is 3.63. The highest BCUT2D eigenvalue weighted by Gasteiger charge is 2.41. The van der Waals surface area contributed by atoms with Crippen molar-refractivity contribution in [3.8, 4) is 0 Å². The van der Waals surface area contributed by atoms with Crippen LogP contribution in [0.4, 0.5) is 5.69 Å². The van der Waals surface area contributed by atoms with Crippen LogP contribution in [0.25, 0.3) is 0 Å². The Morgan fingerprint density at radius 1 is 0.806 bits per heavy atom. The number of hydrogen-bond donors (Lipinski definition) is 2. The van der Waals surface area contributed by atoms with Crippen LogP contribution in [0.2, 0.25) is 5.02 Å². The molecule has 0 radical (unpaired) electrons. The molecule has 2 atom stereocenters. The number of rotatable bonds is 8. The van der Waals surface area contributed by atoms with Crippen LogP contribution in [0.1, 0.15) is 31.8 Å². The zero-order valence-corrected chi connectivity index (χ0v) is 21.5. The number of aryl methyl sites for hydroxylation is 2. The van der Waals surface area contributed by atoms with Crippen LogP contribution in [0, 0.1) is 13.8 Å². The highest BCUT2D eigenvalue weighted by Crippen LogP contribution is 2.26. The Morgan fingerprint density at radius 3 is 1.72 bits per heavy atom. The fourth-order valence-electron chi connectivity index (χ4n) is 3.04. The van der Waals surface area contributed by atoms with E-state index in [2.05, 4.69) is 21.2 Å². The Labute approximate surface area is 220 Å². The van der Waals surface area contributed by atoms with Gasteiger partial charge in [-0.25, -0.2) is 14.4 Å². The van der Waals surface area contributed by atoms with Gasteiger partial charge < -0.3 is 19.9 Å². The second-order valence-electron chi connectivity index (χ2n) is 7.84. The molecule has 3 aromatic rings. The van der Waals surface area contributed by atoms with E-state index in [-0.39, 0.29) is 21.8 Å². The Bertz CT molecular complexity index is 1290. The van der Waals surface area contributed by atoms with Crippen molar-refractivity contribution in [2.45, 2.75) is 26.1 Å². The first-order valence-corrected chi connectivity index (χ1v) is 11.8. The first-order valence-electron chi connectivity index (χ1n) is 10.6. The van der Waals surface area contributed by atoms with Crippen LogP contribution in [0.5, 0.6) is 0 Å². The molecule has 8 nitrogen and oxygen atoms in total. The fraction of sp³-hybridized carbons (Fsp3) is 0.154. The topological polar surface area (TPSA) is 119 Å². The lowest BCUT2D eigenvalue weighted by Crippen LogP contribution is -2.48. The molecule has 0 spiro atoms. The van der Waals surface area contributed by atoms with Gasteiger partial charge in [-0.1, -0.05) is 62.9 Å². The Kier molecular flexibility index (Phi) is 8.84. The largest absolute Gasteiger partial charge is 0.478 e. The number of aliphatic carboxylic acids is 1. The lowest BCUT2D eigenvalue weighted by Gasteiger charge is -2.24. The van der Waals surface area contributed by atoms with E-state index in [1.54, 1.807) is 30.3 Å². The van der Waals surface area contributed by atoms with Crippen LogP contribution in [0.3, 0.4) is 0 Å². The predicted molar refractivity (Wildman–Crippen MR) is 136 cm³/mol. The number of halogens is 2. The minimum absolute atomic E-state index is 0.0619. The molecule has 10 heteroatoms. The molecule has 0 aromatic heterocycles. The lowest BCUT2D eigenvalue weighted by molar-refractivity contribution is -0.157. The van der Waals surface area contributed by atoms with Crippen LogP contribution < -0.4 is 5.32 Å². The van der Waals surface area contributed by atoms with E-state index in [1.165, 1.54) is 36.4 Å². The van der Waals surface area contributed by atoms with Gasteiger partial charge in [0, 0.05) is 4.47 Å². The van der Waals surface area contributed by atoms with E-state index in [0.717, 1.165) is 11.1 Å². The molecule has 0 fully saturated rings. The van der Waals surface area contributed by atoms with Crippen molar-refractivity contribution in [1.29, 1.82) is 0 Å². The van der Waals surface area contributed by atoms with Crippen LogP contribution in [-0.4, -0.2) is 41.1 Å². The highest BCUT2D eigenvalue weighted by atomic mass is 79.9. The van der Waals surface area contributed by atoms with Gasteiger partial charge in [0.1, 0.15) is 0 Å². The fourth-order valence-corrected chi connectivity index (χ4v) is 3.76. The van der Waals surface area contributed by atoms with E-state index < -0.39 is 36.0 Å². The number of benzene rings is 3. The molecule has 0 unspecified atom stereocenters. The summed E-state index contributed by atoms with van der Waals surface area (Å²) in [4.78, 5) is 50.7. The van der Waals surface area contributed by atoms with Crippen molar-refractivity contribution in [2.75, 3.05) is 5.32 Å². The van der Waals surface area contributed by atoms with Crippen LogP contribution in [-0.2, 0) is 19.1 Å². The number of carboxylic acids is 1. The third-order valence-electron chi connectivity index (χ3n) is 5.01. The quantitative estimate of drug-likeness (QED) is 0.355. The molecule has 3 rings (SSSR count). The summed E-state index contributed by atoms with van der Waals surface area (Å²) in [5.74, 6) is -4.72. The molecule has 1 amide bonds. The summed E-state index contributed by atoms with van der Waals surface area (Å²) in [5, 5.41) is 12.4. The van der Waals surface area contributed by atoms with E-state index in [4.69, 9.17) is 21.1 Å². The number of carboxylic acid groups (broad SMARTS) is 1. The van der Waals surface area contributed by atoms with Gasteiger partial charge in [0.2, 0.25) is 12.2 Å². The smallest absolute Gasteiger partial charge is 0.349 e. The Hall–Kier alpha value is -3.69. The third kappa shape index (κ3) is 6.93. The molecule has 0 saturated carbocycles. The van der Waals surface area contributed by atoms with Crippen molar-refractivity contribution in [1.82, 2.24) is 0 Å². The molecule has 0 aliphatic heterocycles. The van der Waals surface area contributed by atoms with E-state index >= 15 is 0 Å². The van der Waals surface area contributed by atoms with Gasteiger partial charge in [0.05, 0.1) is 21.8 Å². The number of nitrogens with one attached hydrogen (secondary N) is 1. The van der Waals surface area contributed by atoms with Gasteiger partial charge in [0.25, 0.3) is 5.91 Å². The average Bonchev–Trinajstić information content (AvgIpc) is 2.83. The maximum Gasteiger partial charge on any atom is 0.349 e. The van der Waals surface area contributed by atoms with Gasteiger partial charge in [-0.2, -0.15) is 0 Å². The number of hydrogen-bond acceptors (Lipinski definition) is 6. The molecule has 3 aromatic carbocycles. The summed E-state index contributed by atoms with van der Waals surface area (Å²) in [6, 6.07) is 17.0. The lowest BCUT2D eigenvalue weighted by atomic mass is 10.1. The summed E-state index contributed by atoms with van der Waals surface area (Å²) >= 11 is 9.41. The molecular formula is C26H21BrClNO7. The van der Waals surface area contributed by atoms with Gasteiger partial charge in [-0.3, -0.25) is 4.79 Å². The van der Waals surface area contributed by atoms with Gasteiger partial charge >= 0.3 is 17.9 Å². The highest BCUT2D eigenvalue weighted by molar-refractivity contribution is 9.10. The number of carbonyl (C=O) groups is 4. The SMILES string of the molecule is Cc1ccc(C(=O)O[C@H](C(=O)O)[C@H](OC(=O)c2ccc(C)cc2)C(=O)Nc2ccc(Br)cc2Cl)cc1. The maximum atomic E-state index is 13.2. The second kappa shape index (κ2) is 11.8. The van der Waals surface area contributed by atoms with Crippen molar-refractivity contribution in [3.63, 3.8) is 0 Å². The van der Waals surface area contributed by atoms with Crippen molar-refractivity contribution in [3.05, 3.63) is 98.5 Å². The molecule has 186 valence electrons. The number of esters is 2. The molecule has 0 aliphatic rings. The first-order chi connectivity index (χ1) is 17.0. The zero-order chi connectivity index (χ0) is 26.4. The molecule has 0 bridgehead atoms. The molecule has 0 heterocycles. The van der Waals surface area contributed by atoms with Crippen molar-refractivity contribution >= 4 is 57.0 Å². The third-order valence-corrected chi connectivity index (χ3v) is 5.81. The average molecular weight is 575 g/mol. The number of anilines is 1. The molecule has 0 saturated heterocycles. The normalized spacial score (nSPS) is 12.2. The van der Waals surface area contributed by atoms with Crippen LogP contribution in [0.15, 0.2) is 71.2 Å². The van der Waals surface area contributed by atoms with Crippen molar-refractivity contribution in [2.24, 2.45) is 0 Å². The van der Waals surface area contributed by atoms with Gasteiger partial charge in [0.15, 0.2) is 0 Å². The van der Waals surface area contributed by atoms with Gasteiger partial charge in [-0.15, -0.1) is 0 Å². The molecule has 36 heavy (non-hydrogen) atoms. The zero-order valence-electron chi connectivity index (χ0n) is 19.2. The number of ether oxygens (including phenoxy) is 2. The minimum atomic E-state index is -2.15. The minimum Gasteiger partial charge on any atom is -0.478 e. The summed E-state index contributed by atoms with van der Waals surface area (Å²) < 4.78 is 11.1. The molecule has 0 aliphatic carbocycles. The second-order valence-corrected chi connectivity index (χ2v) is 9.16. The monoisotopic (exact) mass is 573 g/mol. The van der Waals surface area contributed by atoms with Crippen molar-refractivity contribution < 1.29 is 33.8 Å². The Balaban J connectivity index is 1.92. The first kappa shape index (κ1) is 26.9. The Morgan fingerprint density at radius 2 is 1.28 bits per heavy atom. The molecule has 2 N–H and O–H groups in total. The van der Waals surface area contributed by atoms with Crippen LogP contribution >= 0.6 is 27.5 Å². The summed E-state index contributed by atoms with van der Waals surface area (Å²) in [5.41, 5.74) is 2.02. The molecular weight excluding hydrogens is 554 g/mol. The van der Waals surface area contributed by atoms with E-state index in [1.807, 2.05) is 13.8 Å². The number of carbonyl (C=O) groups excluding carboxylic acids is 3. The van der Waals surface area contributed by atoms with Gasteiger partial charge in [-0.05, 0) is 56.3 Å². The maximum absolute atomic E-state index is 13.2. The standard InChI is InChI=1S/C26H21BrClNO7/c1-14-3-7-16(8-4-14)25(33)35-21(23(30)29-20-12-11-18(27)13-19(20)28)22(24(31)32)36-26(34)17-9-5-15(2)6-10-17/h3-13,21-22H,1-2H3,(H,29,30)(H,31,32)/t21-,22-/m0/s1. The van der Waals surface area contributed by atoms with E-state index in [9.17, 15) is 24.3 Å². The summed E-state index contributed by atoms with van der Waals surface area (Å²) in [6.07, 6.45) is -4.19. The van der Waals surface area contributed by atoms with E-state index in [0.29, 0.717) is 4.47 Å². The summed E-state index contributed by atoms with van der Waals surface area (Å²) in [7, 11) is 0.